The number of ether oxygens (including phenoxy) is 1. The van der Waals surface area contributed by atoms with Gasteiger partial charge in [-0.1, -0.05) is 19.9 Å². The second kappa shape index (κ2) is 6.78. The second-order valence-corrected chi connectivity index (χ2v) is 2.47. The van der Waals surface area contributed by atoms with Crippen LogP contribution < -0.4 is 5.32 Å². The Morgan fingerprint density at radius 3 is 2.80 bits per heavy atom. The molecule has 0 spiro atoms. The summed E-state index contributed by atoms with van der Waals surface area (Å²) in [5.41, 5.74) is 0. The predicted octanol–water partition coefficient (Wildman–Crippen LogP) is 1.19. The van der Waals surface area contributed by atoms with Gasteiger partial charge in [0, 0.05) is 12.6 Å². The number of nitrogens with one attached hydrogen (secondary N) is 1. The van der Waals surface area contributed by atoms with E-state index >= 15 is 0 Å². The first-order chi connectivity index (χ1) is 4.77. The number of rotatable bonds is 6. The van der Waals surface area contributed by atoms with Crippen molar-refractivity contribution in [3.8, 4) is 0 Å². The lowest BCUT2D eigenvalue weighted by molar-refractivity contribution is 0.162. The van der Waals surface area contributed by atoms with Crippen LogP contribution in [0.5, 0.6) is 0 Å². The van der Waals surface area contributed by atoms with Gasteiger partial charge < -0.3 is 10.1 Å². The van der Waals surface area contributed by atoms with Crippen molar-refractivity contribution in [1.82, 2.24) is 5.32 Å². The highest BCUT2D eigenvalue weighted by Gasteiger charge is 1.89. The smallest absolute Gasteiger partial charge is 0.0645 e. The van der Waals surface area contributed by atoms with Crippen LogP contribution in [0.3, 0.4) is 0 Å². The SMILES string of the molecule is C=CCOCCNC(C)C. The molecule has 2 heteroatoms. The molecule has 0 unspecified atom stereocenters. The zero-order valence-electron chi connectivity index (χ0n) is 6.89. The molecule has 10 heavy (non-hydrogen) atoms. The molecule has 0 aromatic heterocycles. The van der Waals surface area contributed by atoms with Crippen molar-refractivity contribution in [3.63, 3.8) is 0 Å². The van der Waals surface area contributed by atoms with Crippen molar-refractivity contribution in [3.05, 3.63) is 12.7 Å². The molecule has 60 valence electrons. The third-order valence-electron chi connectivity index (χ3n) is 1.03. The summed E-state index contributed by atoms with van der Waals surface area (Å²) < 4.78 is 5.15. The highest BCUT2D eigenvalue weighted by atomic mass is 16.5. The highest BCUT2D eigenvalue weighted by Crippen LogP contribution is 1.77. The molecule has 0 saturated carbocycles. The molecule has 0 aromatic carbocycles. The molecule has 0 aliphatic carbocycles. The number of hydrogen-bond acceptors (Lipinski definition) is 2. The minimum atomic E-state index is 0.548. The highest BCUT2D eigenvalue weighted by molar-refractivity contribution is 4.63. The molecule has 0 fully saturated rings. The Hall–Kier alpha value is -0.340. The summed E-state index contributed by atoms with van der Waals surface area (Å²) in [7, 11) is 0. The molecule has 1 N–H and O–H groups in total. The molecule has 0 aliphatic heterocycles. The van der Waals surface area contributed by atoms with Crippen LogP contribution in [0.1, 0.15) is 13.8 Å². The number of hydrogen-bond donors (Lipinski definition) is 1. The van der Waals surface area contributed by atoms with E-state index in [9.17, 15) is 0 Å². The second-order valence-electron chi connectivity index (χ2n) is 2.47. The van der Waals surface area contributed by atoms with Crippen LogP contribution in [-0.2, 0) is 4.74 Å². The molecule has 2 nitrogen and oxygen atoms in total. The lowest BCUT2D eigenvalue weighted by atomic mass is 10.4. The van der Waals surface area contributed by atoms with Crippen LogP contribution in [0, 0.1) is 0 Å². The standard InChI is InChI=1S/C8H17NO/c1-4-6-10-7-5-9-8(2)3/h4,8-9H,1,5-7H2,2-3H3. The Kier molecular flexibility index (Phi) is 6.55. The minimum Gasteiger partial charge on any atom is -0.376 e. The largest absolute Gasteiger partial charge is 0.376 e. The minimum absolute atomic E-state index is 0.548. The van der Waals surface area contributed by atoms with Crippen LogP contribution in [0.25, 0.3) is 0 Å². The Morgan fingerprint density at radius 2 is 2.30 bits per heavy atom. The molecule has 0 heterocycles. The molecule has 0 rings (SSSR count). The first-order valence-electron chi connectivity index (χ1n) is 3.69. The van der Waals surface area contributed by atoms with Crippen LogP contribution >= 0.6 is 0 Å². The fourth-order valence-corrected chi connectivity index (χ4v) is 0.586. The maximum atomic E-state index is 5.15. The van der Waals surface area contributed by atoms with Crippen LogP contribution in [0.15, 0.2) is 12.7 Å². The third kappa shape index (κ3) is 7.66. The zero-order chi connectivity index (χ0) is 7.82. The van der Waals surface area contributed by atoms with E-state index < -0.39 is 0 Å². The van der Waals surface area contributed by atoms with Crippen molar-refractivity contribution >= 4 is 0 Å². The molecule has 0 bridgehead atoms. The van der Waals surface area contributed by atoms with Gasteiger partial charge in [0.1, 0.15) is 0 Å². The third-order valence-corrected chi connectivity index (χ3v) is 1.03. The van der Waals surface area contributed by atoms with Gasteiger partial charge in [-0.15, -0.1) is 6.58 Å². The summed E-state index contributed by atoms with van der Waals surface area (Å²) >= 11 is 0. The summed E-state index contributed by atoms with van der Waals surface area (Å²) in [5.74, 6) is 0. The summed E-state index contributed by atoms with van der Waals surface area (Å²) in [4.78, 5) is 0. The fourth-order valence-electron chi connectivity index (χ4n) is 0.586. The van der Waals surface area contributed by atoms with Crippen molar-refractivity contribution in [1.29, 1.82) is 0 Å². The summed E-state index contributed by atoms with van der Waals surface area (Å²) in [6.45, 7) is 10.1. The van der Waals surface area contributed by atoms with Gasteiger partial charge in [-0.05, 0) is 0 Å². The van der Waals surface area contributed by atoms with Crippen molar-refractivity contribution in [2.45, 2.75) is 19.9 Å². The summed E-state index contributed by atoms with van der Waals surface area (Å²) in [5, 5.41) is 3.25. The van der Waals surface area contributed by atoms with E-state index in [1.54, 1.807) is 6.08 Å². The van der Waals surface area contributed by atoms with E-state index in [0.29, 0.717) is 12.6 Å². The van der Waals surface area contributed by atoms with E-state index in [4.69, 9.17) is 4.74 Å². The summed E-state index contributed by atoms with van der Waals surface area (Å²) in [6, 6.07) is 0.548. The predicted molar refractivity (Wildman–Crippen MR) is 44.2 cm³/mol. The van der Waals surface area contributed by atoms with Crippen LogP contribution in [-0.4, -0.2) is 25.8 Å². The quantitative estimate of drug-likeness (QED) is 0.445. The van der Waals surface area contributed by atoms with Crippen molar-refractivity contribution in [2.75, 3.05) is 19.8 Å². The van der Waals surface area contributed by atoms with E-state index in [-0.39, 0.29) is 0 Å². The van der Waals surface area contributed by atoms with E-state index in [1.165, 1.54) is 0 Å². The molecule has 0 aromatic rings. The van der Waals surface area contributed by atoms with Crippen molar-refractivity contribution in [2.24, 2.45) is 0 Å². The molecule has 0 aliphatic rings. The molecule has 0 saturated heterocycles. The van der Waals surface area contributed by atoms with Gasteiger partial charge in [-0.2, -0.15) is 0 Å². The lowest BCUT2D eigenvalue weighted by Gasteiger charge is -2.06. The van der Waals surface area contributed by atoms with Gasteiger partial charge >= 0.3 is 0 Å². The van der Waals surface area contributed by atoms with E-state index in [0.717, 1.165) is 13.2 Å². The van der Waals surface area contributed by atoms with Gasteiger partial charge in [0.25, 0.3) is 0 Å². The Balaban J connectivity index is 2.83. The normalized spacial score (nSPS) is 10.3. The molecular weight excluding hydrogens is 126 g/mol. The first kappa shape index (κ1) is 9.66. The zero-order valence-corrected chi connectivity index (χ0v) is 6.89. The maximum Gasteiger partial charge on any atom is 0.0645 e. The maximum absolute atomic E-state index is 5.15. The Morgan fingerprint density at radius 1 is 1.60 bits per heavy atom. The van der Waals surface area contributed by atoms with Gasteiger partial charge in [0.15, 0.2) is 0 Å². The topological polar surface area (TPSA) is 21.3 Å². The van der Waals surface area contributed by atoms with Crippen LogP contribution in [0.4, 0.5) is 0 Å². The summed E-state index contributed by atoms with van der Waals surface area (Å²) in [6.07, 6.45) is 1.76. The van der Waals surface area contributed by atoms with Gasteiger partial charge in [0.05, 0.1) is 13.2 Å². The lowest BCUT2D eigenvalue weighted by Crippen LogP contribution is -2.26. The first-order valence-corrected chi connectivity index (χ1v) is 3.69. The Labute approximate surface area is 63.3 Å². The van der Waals surface area contributed by atoms with E-state index in [1.807, 2.05) is 0 Å². The molecule has 0 atom stereocenters. The molecular formula is C8H17NO. The average Bonchev–Trinajstić information content (AvgIpc) is 1.87. The molecule has 0 amide bonds. The van der Waals surface area contributed by atoms with Gasteiger partial charge in [-0.3, -0.25) is 0 Å². The Bertz CT molecular complexity index is 81.3. The van der Waals surface area contributed by atoms with Gasteiger partial charge in [0.2, 0.25) is 0 Å². The van der Waals surface area contributed by atoms with E-state index in [2.05, 4.69) is 25.7 Å². The van der Waals surface area contributed by atoms with Crippen molar-refractivity contribution < 1.29 is 4.74 Å². The molecule has 0 radical (unpaired) electrons. The van der Waals surface area contributed by atoms with Crippen LogP contribution in [0.2, 0.25) is 0 Å². The average molecular weight is 143 g/mol. The van der Waals surface area contributed by atoms with Gasteiger partial charge in [-0.25, -0.2) is 0 Å². The fraction of sp³-hybridized carbons (Fsp3) is 0.750. The monoisotopic (exact) mass is 143 g/mol.